The van der Waals surface area contributed by atoms with Crippen LogP contribution in [0.25, 0.3) is 0 Å². The minimum Gasteiger partial charge on any atom is -0.477 e. The molecule has 0 aromatic carbocycles. The molecule has 4 aliphatic rings. The highest BCUT2D eigenvalue weighted by molar-refractivity contribution is 5.87. The fourth-order valence-corrected chi connectivity index (χ4v) is 5.05. The van der Waals surface area contributed by atoms with E-state index in [1.54, 1.807) is 0 Å². The average molecular weight is 571 g/mol. The molecule has 4 aliphatic heterocycles. The van der Waals surface area contributed by atoms with Crippen molar-refractivity contribution < 1.29 is 69.3 Å². The summed E-state index contributed by atoms with van der Waals surface area (Å²) >= 11 is 0. The van der Waals surface area contributed by atoms with E-state index in [0.717, 1.165) is 0 Å². The van der Waals surface area contributed by atoms with Crippen LogP contribution in [0, 0.1) is 0 Å². The van der Waals surface area contributed by atoms with Crippen molar-refractivity contribution in [3.63, 3.8) is 0 Å². The lowest BCUT2D eigenvalue weighted by Gasteiger charge is -2.50. The molecule has 3 fully saturated rings. The summed E-state index contributed by atoms with van der Waals surface area (Å²) in [5.41, 5.74) is 15.9. The van der Waals surface area contributed by atoms with Gasteiger partial charge >= 0.3 is 0 Å². The van der Waals surface area contributed by atoms with Crippen molar-refractivity contribution in [3.05, 3.63) is 0 Å². The first-order valence-electron chi connectivity index (χ1n) is 12.5. The summed E-state index contributed by atoms with van der Waals surface area (Å²) in [6.07, 6.45) is -16.6. The van der Waals surface area contributed by atoms with Crippen molar-refractivity contribution in [3.8, 4) is 0 Å². The third-order valence-electron chi connectivity index (χ3n) is 7.42. The van der Waals surface area contributed by atoms with Gasteiger partial charge in [-0.15, -0.1) is 0 Å². The highest BCUT2D eigenvalue weighted by Crippen LogP contribution is 2.35. The summed E-state index contributed by atoms with van der Waals surface area (Å²) in [7, 11) is 0. The van der Waals surface area contributed by atoms with Gasteiger partial charge in [0.25, 0.3) is 0 Å². The summed E-state index contributed by atoms with van der Waals surface area (Å²) in [4.78, 5) is 4.06. The highest BCUT2D eigenvalue weighted by atomic mass is 16.7. The number of hydrogen-bond acceptors (Lipinski definition) is 18. The lowest BCUT2D eigenvalue weighted by atomic mass is 9.86. The normalized spacial score (nSPS) is 50.9. The molecular weight excluding hydrogens is 532 g/mol. The number of aliphatic hydroxyl groups excluding tert-OH is 8. The molecule has 4 rings (SSSR count). The third-order valence-corrected chi connectivity index (χ3v) is 7.42. The summed E-state index contributed by atoms with van der Waals surface area (Å²) in [5, 5.41) is 82.3. The first-order chi connectivity index (χ1) is 18.5. The van der Waals surface area contributed by atoms with Crippen LogP contribution in [0.4, 0.5) is 0 Å². The second-order valence-corrected chi connectivity index (χ2v) is 9.89. The lowest BCUT2D eigenvalue weighted by molar-refractivity contribution is -0.354. The molecule has 0 saturated carbocycles. The topological polar surface area (TPSA) is 308 Å². The van der Waals surface area contributed by atoms with Crippen molar-refractivity contribution >= 4 is 5.90 Å². The molecule has 18 nitrogen and oxygen atoms in total. The van der Waals surface area contributed by atoms with E-state index in [0.29, 0.717) is 0 Å². The Hall–Kier alpha value is -1.17. The molecule has 0 radical (unpaired) electrons. The standard InChI is InChI=1S/C21H38N4O14/c22-8-11(29)14(6(3-26)35-17(8)33)37-18-9(23)12(30)15(7(4-27)36-18)38-19-10(24)13(31)16(32)21(5-28,39-19)20-25-1-2-34-20/h6-19,26-33H,1-5,22-24H2/t6-,7-,8?,9?,10-,11?,12-,13-,14?,15?,16+,17?,18+,19-,21+/m1/s1. The molecule has 0 spiro atoms. The van der Waals surface area contributed by atoms with Gasteiger partial charge in [-0.3, -0.25) is 0 Å². The maximum atomic E-state index is 11.0. The molecule has 0 aromatic heterocycles. The first kappa shape index (κ1) is 30.8. The smallest absolute Gasteiger partial charge is 0.222 e. The summed E-state index contributed by atoms with van der Waals surface area (Å²) in [6, 6.07) is -4.07. The van der Waals surface area contributed by atoms with Gasteiger partial charge in [0.1, 0.15) is 55.4 Å². The minimum atomic E-state index is -2.03. The Morgan fingerprint density at radius 3 is 1.92 bits per heavy atom. The molecule has 15 atom stereocenters. The van der Waals surface area contributed by atoms with E-state index in [1.807, 2.05) is 0 Å². The second kappa shape index (κ2) is 12.4. The predicted octanol–water partition coefficient (Wildman–Crippen LogP) is -7.87. The Morgan fingerprint density at radius 2 is 1.36 bits per heavy atom. The number of rotatable bonds is 8. The van der Waals surface area contributed by atoms with Gasteiger partial charge in [0.15, 0.2) is 24.5 Å². The maximum absolute atomic E-state index is 11.0. The Bertz CT molecular complexity index is 855. The van der Waals surface area contributed by atoms with E-state index >= 15 is 0 Å². The van der Waals surface area contributed by atoms with Crippen LogP contribution in [-0.4, -0.2) is 171 Å². The molecule has 39 heavy (non-hydrogen) atoms. The van der Waals surface area contributed by atoms with Gasteiger partial charge in [0.05, 0.1) is 44.5 Å². The van der Waals surface area contributed by atoms with Crippen LogP contribution in [0.15, 0.2) is 4.99 Å². The van der Waals surface area contributed by atoms with Crippen molar-refractivity contribution in [1.82, 2.24) is 0 Å². The van der Waals surface area contributed by atoms with E-state index in [2.05, 4.69) is 4.99 Å². The van der Waals surface area contributed by atoms with Crippen molar-refractivity contribution in [2.75, 3.05) is 33.0 Å². The van der Waals surface area contributed by atoms with Crippen molar-refractivity contribution in [2.45, 2.75) is 91.4 Å². The second-order valence-electron chi connectivity index (χ2n) is 9.89. The first-order valence-corrected chi connectivity index (χ1v) is 12.5. The summed E-state index contributed by atoms with van der Waals surface area (Å²) in [6.45, 7) is -1.90. The molecule has 226 valence electrons. The monoisotopic (exact) mass is 570 g/mol. The molecule has 0 aliphatic carbocycles. The largest absolute Gasteiger partial charge is 0.477 e. The number of nitrogens with zero attached hydrogens (tertiary/aromatic N) is 1. The quantitative estimate of drug-likeness (QED) is 0.129. The zero-order valence-electron chi connectivity index (χ0n) is 20.8. The Balaban J connectivity index is 1.51. The van der Waals surface area contributed by atoms with Crippen LogP contribution in [0.5, 0.6) is 0 Å². The molecule has 3 saturated heterocycles. The van der Waals surface area contributed by atoms with E-state index in [4.69, 9.17) is 45.6 Å². The van der Waals surface area contributed by atoms with Crippen LogP contribution in [0.1, 0.15) is 0 Å². The van der Waals surface area contributed by atoms with Crippen LogP contribution in [0.3, 0.4) is 0 Å². The molecule has 18 heteroatoms. The summed E-state index contributed by atoms with van der Waals surface area (Å²) in [5.74, 6) is -0.170. The molecule has 4 heterocycles. The van der Waals surface area contributed by atoms with E-state index < -0.39 is 111 Å². The third kappa shape index (κ3) is 5.54. The predicted molar refractivity (Wildman–Crippen MR) is 124 cm³/mol. The zero-order chi connectivity index (χ0) is 28.6. The minimum absolute atomic E-state index is 0.153. The Kier molecular flexibility index (Phi) is 9.76. The van der Waals surface area contributed by atoms with Gasteiger partial charge < -0.3 is 86.5 Å². The molecular formula is C21H38N4O14. The molecule has 0 bridgehead atoms. The fraction of sp³-hybridized carbons (Fsp3) is 0.952. The van der Waals surface area contributed by atoms with Gasteiger partial charge in [0.2, 0.25) is 5.90 Å². The van der Waals surface area contributed by atoms with Crippen molar-refractivity contribution in [1.29, 1.82) is 0 Å². The van der Waals surface area contributed by atoms with Gasteiger partial charge in [0, 0.05) is 0 Å². The molecule has 0 aromatic rings. The van der Waals surface area contributed by atoms with E-state index in [-0.39, 0.29) is 19.0 Å². The van der Waals surface area contributed by atoms with E-state index in [9.17, 15) is 40.9 Å². The molecule has 0 amide bonds. The van der Waals surface area contributed by atoms with Crippen LogP contribution in [0.2, 0.25) is 0 Å². The van der Waals surface area contributed by atoms with Crippen LogP contribution in [-0.2, 0) is 28.4 Å². The lowest BCUT2D eigenvalue weighted by Crippen LogP contribution is -2.73. The van der Waals surface area contributed by atoms with Gasteiger partial charge in [-0.2, -0.15) is 0 Å². The Morgan fingerprint density at radius 1 is 0.795 bits per heavy atom. The van der Waals surface area contributed by atoms with Gasteiger partial charge in [-0.1, -0.05) is 0 Å². The van der Waals surface area contributed by atoms with Crippen LogP contribution >= 0.6 is 0 Å². The Labute approximate surface area is 222 Å². The van der Waals surface area contributed by atoms with E-state index in [1.165, 1.54) is 0 Å². The van der Waals surface area contributed by atoms with Crippen LogP contribution < -0.4 is 17.2 Å². The summed E-state index contributed by atoms with van der Waals surface area (Å²) < 4.78 is 33.5. The molecule has 14 N–H and O–H groups in total. The average Bonchev–Trinajstić information content (AvgIpc) is 3.48. The maximum Gasteiger partial charge on any atom is 0.222 e. The number of nitrogens with two attached hydrogens (primary N) is 3. The van der Waals surface area contributed by atoms with Crippen molar-refractivity contribution in [2.24, 2.45) is 22.2 Å². The zero-order valence-corrected chi connectivity index (χ0v) is 20.8. The fourth-order valence-electron chi connectivity index (χ4n) is 5.05. The number of ether oxygens (including phenoxy) is 6. The SMILES string of the molecule is NC1C(O)O[C@H](CO)C(O[C@@H]2O[C@H](CO)C(O[C@@H]3O[C@](CO)(C4=NCCO4)[C@@H](O)[C@H](O)[C@H]3N)[C@H](O)C2N)C1O. The highest BCUT2D eigenvalue weighted by Gasteiger charge is 2.59. The van der Waals surface area contributed by atoms with Gasteiger partial charge in [-0.05, 0) is 0 Å². The number of hydrogen-bond donors (Lipinski definition) is 11. The number of aliphatic hydroxyl groups is 8. The van der Waals surface area contributed by atoms with Gasteiger partial charge in [-0.25, -0.2) is 4.99 Å². The number of aliphatic imine (C=N–C) groups is 1. The molecule has 6 unspecified atom stereocenters.